The fraction of sp³-hybridized carbons (Fsp3) is 0.550. The summed E-state index contributed by atoms with van der Waals surface area (Å²) >= 11 is 0. The molecular weight excluding hydrogens is 822 g/mol. The number of quaternary nitrogens is 2. The van der Waals surface area contributed by atoms with Crippen LogP contribution in [0.25, 0.3) is 0 Å². The van der Waals surface area contributed by atoms with E-state index in [1.807, 2.05) is 0 Å². The molecule has 9 aliphatic rings. The Hall–Kier alpha value is -1.44. The van der Waals surface area contributed by atoms with Crippen LogP contribution >= 0.6 is 0 Å². The molecule has 6 fully saturated rings. The van der Waals surface area contributed by atoms with E-state index in [1.165, 1.54) is 66.7 Å². The van der Waals surface area contributed by atoms with Crippen LogP contribution in [0.3, 0.4) is 0 Å². The van der Waals surface area contributed by atoms with Gasteiger partial charge in [-0.2, -0.15) is 0 Å². The monoisotopic (exact) mass is 870 g/mol. The molecule has 8 heteroatoms. The summed E-state index contributed by atoms with van der Waals surface area (Å²) in [5.41, 5.74) is 9.23. The number of fused-ring (bicyclic) bond motifs is 6. The van der Waals surface area contributed by atoms with E-state index in [9.17, 15) is 5.11 Å². The summed E-state index contributed by atoms with van der Waals surface area (Å²) in [4.78, 5) is 5.69. The molecule has 2 aliphatic carbocycles. The number of aliphatic hydroxyl groups excluding tert-OH is 1. The van der Waals surface area contributed by atoms with Crippen molar-refractivity contribution in [1.82, 2.24) is 0 Å². The minimum absolute atomic E-state index is 0. The molecule has 4 saturated heterocycles. The molecule has 1 N–H and O–H groups in total. The third-order valence-corrected chi connectivity index (χ3v) is 15.3. The lowest BCUT2D eigenvalue weighted by Crippen LogP contribution is -3.00. The fourth-order valence-corrected chi connectivity index (χ4v) is 13.8. The first-order chi connectivity index (χ1) is 22.5. The molecule has 48 heavy (non-hydrogen) atoms. The lowest BCUT2D eigenvalue weighted by atomic mass is 9.54. The normalized spacial score (nSPS) is 46.9. The third kappa shape index (κ3) is 3.88. The largest absolute Gasteiger partial charge is 1.00 e. The molecule has 6 nitrogen and oxygen atoms in total. The number of piperidine rings is 2. The van der Waals surface area contributed by atoms with Crippen molar-refractivity contribution in [3.05, 3.63) is 95.2 Å². The zero-order valence-electron chi connectivity index (χ0n) is 28.1. The molecule has 12 atom stereocenters. The Morgan fingerprint density at radius 1 is 0.979 bits per heavy atom. The minimum Gasteiger partial charge on any atom is -1.00 e. The number of hydrogen-bond acceptors (Lipinski definition) is 4. The molecule has 254 valence electrons. The van der Waals surface area contributed by atoms with Crippen molar-refractivity contribution < 1.29 is 66.8 Å². The predicted molar refractivity (Wildman–Crippen MR) is 180 cm³/mol. The van der Waals surface area contributed by atoms with E-state index in [-0.39, 0.29) is 72.2 Å². The summed E-state index contributed by atoms with van der Waals surface area (Å²) in [6.07, 6.45) is 12.4. The lowest BCUT2D eigenvalue weighted by Gasteiger charge is -2.62. The highest BCUT2D eigenvalue weighted by molar-refractivity contribution is 5.70. The van der Waals surface area contributed by atoms with Gasteiger partial charge in [0.1, 0.15) is 25.4 Å². The summed E-state index contributed by atoms with van der Waals surface area (Å²) in [6, 6.07) is 22.9. The van der Waals surface area contributed by atoms with Gasteiger partial charge in [-0.25, -0.2) is 0 Å². The number of benzene rings is 2. The van der Waals surface area contributed by atoms with Crippen LogP contribution in [-0.2, 0) is 10.2 Å². The van der Waals surface area contributed by atoms with Gasteiger partial charge in [0.05, 0.1) is 63.9 Å². The maximum Gasteiger partial charge on any atom is 0.136 e. The van der Waals surface area contributed by atoms with E-state index in [1.54, 1.807) is 16.7 Å². The molecule has 11 rings (SSSR count). The fourth-order valence-electron chi connectivity index (χ4n) is 13.8. The van der Waals surface area contributed by atoms with Crippen molar-refractivity contribution in [3.8, 4) is 0 Å². The van der Waals surface area contributed by atoms with Crippen molar-refractivity contribution in [2.75, 3.05) is 63.3 Å². The summed E-state index contributed by atoms with van der Waals surface area (Å²) in [5.74, 6) is 1.88. The molecule has 0 aromatic heterocycles. The lowest BCUT2D eigenvalue weighted by molar-refractivity contribution is -0.925. The van der Waals surface area contributed by atoms with Crippen LogP contribution in [0.15, 0.2) is 89.7 Å². The SMILES string of the molecule is C[N+]12CC[C@@H]3[C@@H]4/C(=C\N5c6ccccc6[C@@]67CC[N+]8(C)CC9=CCO[C@H]([C@@H]([C@H]56)[C@H]9C[C@@H]78)N4c4ccccc4)[C@@H](C[C@@H]31)/C(=C\CO)C2.[I-].[I-]. The highest BCUT2D eigenvalue weighted by Crippen LogP contribution is 2.67. The minimum atomic E-state index is 0. The number of aliphatic hydroxyl groups is 1. The first-order valence-corrected chi connectivity index (χ1v) is 18.2. The van der Waals surface area contributed by atoms with E-state index < -0.39 is 0 Å². The Morgan fingerprint density at radius 3 is 2.62 bits per heavy atom. The molecule has 2 saturated carbocycles. The van der Waals surface area contributed by atoms with Gasteiger partial charge in [0.25, 0.3) is 0 Å². The zero-order valence-corrected chi connectivity index (χ0v) is 32.4. The molecule has 1 spiro atoms. The summed E-state index contributed by atoms with van der Waals surface area (Å²) in [6.45, 7) is 5.57. The number of halogens is 2. The average molecular weight is 871 g/mol. The molecule has 0 amide bonds. The molecule has 7 heterocycles. The van der Waals surface area contributed by atoms with E-state index in [4.69, 9.17) is 4.74 Å². The molecule has 2 aromatic rings. The second-order valence-corrected chi connectivity index (χ2v) is 16.9. The molecule has 2 unspecified atom stereocenters. The van der Waals surface area contributed by atoms with Crippen molar-refractivity contribution in [2.45, 2.75) is 61.5 Å². The van der Waals surface area contributed by atoms with Gasteiger partial charge in [-0.3, -0.25) is 0 Å². The molecule has 2 aromatic carbocycles. The number of anilines is 2. The Labute approximate surface area is 319 Å². The zero-order chi connectivity index (χ0) is 30.6. The van der Waals surface area contributed by atoms with Gasteiger partial charge in [0.15, 0.2) is 0 Å². The number of ether oxygens (including phenoxy) is 1. The maximum absolute atomic E-state index is 10.3. The Morgan fingerprint density at radius 2 is 1.79 bits per heavy atom. The third-order valence-electron chi connectivity index (χ3n) is 15.3. The van der Waals surface area contributed by atoms with Crippen LogP contribution in [0, 0.1) is 23.7 Å². The second-order valence-electron chi connectivity index (χ2n) is 16.9. The van der Waals surface area contributed by atoms with Gasteiger partial charge < -0.3 is 76.6 Å². The van der Waals surface area contributed by atoms with Crippen molar-refractivity contribution in [3.63, 3.8) is 0 Å². The first kappa shape index (κ1) is 32.5. The summed E-state index contributed by atoms with van der Waals surface area (Å²) in [5, 5.41) is 10.3. The van der Waals surface area contributed by atoms with Gasteiger partial charge in [0, 0.05) is 66.9 Å². The van der Waals surface area contributed by atoms with Crippen molar-refractivity contribution in [2.24, 2.45) is 23.7 Å². The maximum atomic E-state index is 10.3. The highest BCUT2D eigenvalue weighted by Gasteiger charge is 2.75. The molecule has 7 aliphatic heterocycles. The number of para-hydroxylation sites is 2. The number of rotatable bonds is 2. The average Bonchev–Trinajstić information content (AvgIpc) is 3.63. The number of nitrogens with zero attached hydrogens (tertiary/aromatic N) is 4. The predicted octanol–water partition coefficient (Wildman–Crippen LogP) is -1.17. The van der Waals surface area contributed by atoms with E-state index in [0.717, 1.165) is 11.0 Å². The molecular formula is C40H48I2N4O2. The van der Waals surface area contributed by atoms with Crippen LogP contribution in [-0.4, -0.2) is 98.0 Å². The highest BCUT2D eigenvalue weighted by atomic mass is 127. The van der Waals surface area contributed by atoms with Crippen LogP contribution < -0.4 is 57.8 Å². The topological polar surface area (TPSA) is 35.9 Å². The van der Waals surface area contributed by atoms with Crippen molar-refractivity contribution >= 4 is 11.4 Å². The Bertz CT molecular complexity index is 1750. The quantitative estimate of drug-likeness (QED) is 0.235. The van der Waals surface area contributed by atoms with Crippen LogP contribution in [0.2, 0.25) is 0 Å². The number of hydrogen-bond donors (Lipinski definition) is 1. The van der Waals surface area contributed by atoms with Crippen molar-refractivity contribution in [1.29, 1.82) is 0 Å². The van der Waals surface area contributed by atoms with E-state index in [0.29, 0.717) is 48.4 Å². The van der Waals surface area contributed by atoms with Gasteiger partial charge >= 0.3 is 0 Å². The van der Waals surface area contributed by atoms with Crippen LogP contribution in [0.5, 0.6) is 0 Å². The Kier molecular flexibility index (Phi) is 7.46. The van der Waals surface area contributed by atoms with Gasteiger partial charge in [-0.1, -0.05) is 48.6 Å². The Balaban J connectivity index is 0.00000157. The first-order valence-electron chi connectivity index (χ1n) is 18.2. The standard InChI is InChI=1S/C40H48N4O2.2HI/c1-43-16-12-28-34(43)20-29(25(23-43)13-18-45)31-22-41-33-11-7-6-10-32(33)40-15-17-44(2)24-26-14-19-46-39(36(38(40)41)30(26)21-35(40)44)42(37(28)31)27-8-4-3-5-9-27;;/h3-11,13-14,22,28-30,34-39,45H,12,15-21,23-24H2,1-2H3;2*1H/q+2;;/p-2/b25-13-,31-22-;;/t28-,29-,30-,34-,35-,36+,37+,38-,39+,40+,43?,44?;;/m0../s1. The smallest absolute Gasteiger partial charge is 0.136 e. The van der Waals surface area contributed by atoms with Crippen LogP contribution in [0.1, 0.15) is 31.2 Å². The van der Waals surface area contributed by atoms with Gasteiger partial charge in [0.2, 0.25) is 0 Å². The molecule has 0 radical (unpaired) electrons. The number of likely N-dealkylation sites (N-methyl/N-ethyl adjacent to an activating group) is 2. The van der Waals surface area contributed by atoms with E-state index in [2.05, 4.69) is 96.8 Å². The van der Waals surface area contributed by atoms with Crippen LogP contribution in [0.4, 0.5) is 11.4 Å². The van der Waals surface area contributed by atoms with Gasteiger partial charge in [-0.15, -0.1) is 0 Å². The molecule has 4 bridgehead atoms. The second kappa shape index (κ2) is 11.0. The van der Waals surface area contributed by atoms with E-state index >= 15 is 0 Å². The summed E-state index contributed by atoms with van der Waals surface area (Å²) < 4.78 is 9.67. The summed E-state index contributed by atoms with van der Waals surface area (Å²) in [7, 11) is 5.08. The van der Waals surface area contributed by atoms with Gasteiger partial charge in [-0.05, 0) is 40.5 Å².